The van der Waals surface area contributed by atoms with E-state index in [1.807, 2.05) is 56.3 Å². The standard InChI is InChI=1S/C19H22N4O3S/c1-12-9-10-15(11-13(12)2)23-17-8-6-5-7-16(17)18(19(23)24)14(3)22(4)21-27(20,25)26/h5-11,21H,1-4H3,(H2,20,25,26). The van der Waals surface area contributed by atoms with Crippen LogP contribution in [-0.4, -0.2) is 26.4 Å². The van der Waals surface area contributed by atoms with Crippen LogP contribution in [0.1, 0.15) is 23.6 Å². The second-order valence-electron chi connectivity index (χ2n) is 6.58. The first-order valence-corrected chi connectivity index (χ1v) is 9.90. The number of benzene rings is 2. The Morgan fingerprint density at radius 2 is 1.78 bits per heavy atom. The normalized spacial score (nSPS) is 15.7. The van der Waals surface area contributed by atoms with E-state index in [0.717, 1.165) is 28.1 Å². The van der Waals surface area contributed by atoms with Crippen LogP contribution in [-0.2, 0) is 15.0 Å². The number of carbonyl (C=O) groups excluding carboxylic acids is 1. The Morgan fingerprint density at radius 3 is 2.41 bits per heavy atom. The summed E-state index contributed by atoms with van der Waals surface area (Å²) in [6.07, 6.45) is 0. The molecule has 0 bridgehead atoms. The molecule has 0 fully saturated rings. The molecule has 2 aromatic carbocycles. The van der Waals surface area contributed by atoms with Gasteiger partial charge in [0.15, 0.2) is 0 Å². The van der Waals surface area contributed by atoms with Crippen LogP contribution in [0.15, 0.2) is 48.2 Å². The number of nitrogens with zero attached hydrogens (tertiary/aromatic N) is 2. The zero-order valence-electron chi connectivity index (χ0n) is 15.6. The van der Waals surface area contributed by atoms with Crippen LogP contribution in [0.5, 0.6) is 0 Å². The molecule has 1 aliphatic rings. The van der Waals surface area contributed by atoms with E-state index in [0.29, 0.717) is 11.3 Å². The third-order valence-corrected chi connectivity index (χ3v) is 5.24. The van der Waals surface area contributed by atoms with Crippen molar-refractivity contribution in [3.63, 3.8) is 0 Å². The number of aryl methyl sites for hydroxylation is 2. The summed E-state index contributed by atoms with van der Waals surface area (Å²) in [6.45, 7) is 5.69. The van der Waals surface area contributed by atoms with Crippen molar-refractivity contribution in [2.45, 2.75) is 20.8 Å². The molecule has 0 aliphatic carbocycles. The highest BCUT2D eigenvalue weighted by molar-refractivity contribution is 7.87. The lowest BCUT2D eigenvalue weighted by Gasteiger charge is -2.21. The van der Waals surface area contributed by atoms with Crippen LogP contribution < -0.4 is 14.9 Å². The lowest BCUT2D eigenvalue weighted by Crippen LogP contribution is -2.42. The molecule has 1 aliphatic heterocycles. The second-order valence-corrected chi connectivity index (χ2v) is 7.85. The molecule has 0 saturated heterocycles. The van der Waals surface area contributed by atoms with Crippen molar-refractivity contribution in [3.8, 4) is 0 Å². The van der Waals surface area contributed by atoms with Gasteiger partial charge >= 0.3 is 0 Å². The number of amides is 1. The van der Waals surface area contributed by atoms with Crippen molar-refractivity contribution < 1.29 is 13.2 Å². The first-order chi connectivity index (χ1) is 12.6. The summed E-state index contributed by atoms with van der Waals surface area (Å²) >= 11 is 0. The highest BCUT2D eigenvalue weighted by Gasteiger charge is 2.35. The third kappa shape index (κ3) is 3.59. The van der Waals surface area contributed by atoms with Crippen LogP contribution in [0.25, 0.3) is 5.57 Å². The molecular weight excluding hydrogens is 364 g/mol. The van der Waals surface area contributed by atoms with E-state index in [9.17, 15) is 13.2 Å². The van der Waals surface area contributed by atoms with E-state index in [1.54, 1.807) is 11.8 Å². The molecule has 0 atom stereocenters. The van der Waals surface area contributed by atoms with E-state index >= 15 is 0 Å². The topological polar surface area (TPSA) is 95.7 Å². The molecule has 27 heavy (non-hydrogen) atoms. The fourth-order valence-corrected chi connectivity index (χ4v) is 3.63. The van der Waals surface area contributed by atoms with Gasteiger partial charge in [-0.15, -0.1) is 4.83 Å². The van der Waals surface area contributed by atoms with Gasteiger partial charge in [-0.05, 0) is 50.1 Å². The maximum atomic E-state index is 13.3. The van der Waals surface area contributed by atoms with E-state index < -0.39 is 10.2 Å². The lowest BCUT2D eigenvalue weighted by molar-refractivity contribution is -0.112. The van der Waals surface area contributed by atoms with Gasteiger partial charge in [-0.1, -0.05) is 24.3 Å². The Morgan fingerprint density at radius 1 is 1.11 bits per heavy atom. The molecule has 1 amide bonds. The average Bonchev–Trinajstić information content (AvgIpc) is 2.87. The van der Waals surface area contributed by atoms with E-state index in [2.05, 4.69) is 4.83 Å². The monoisotopic (exact) mass is 386 g/mol. The summed E-state index contributed by atoms with van der Waals surface area (Å²) in [5, 5.41) is 6.29. The van der Waals surface area contributed by atoms with Crippen molar-refractivity contribution in [1.29, 1.82) is 0 Å². The minimum Gasteiger partial charge on any atom is -0.301 e. The summed E-state index contributed by atoms with van der Waals surface area (Å²) in [7, 11) is -2.45. The van der Waals surface area contributed by atoms with Gasteiger partial charge in [-0.25, -0.2) is 5.14 Å². The van der Waals surface area contributed by atoms with Gasteiger partial charge in [0.05, 0.1) is 11.3 Å². The van der Waals surface area contributed by atoms with Crippen LogP contribution >= 0.6 is 0 Å². The predicted octanol–water partition coefficient (Wildman–Crippen LogP) is 2.35. The minimum absolute atomic E-state index is 0.222. The van der Waals surface area contributed by atoms with Crippen molar-refractivity contribution in [1.82, 2.24) is 9.84 Å². The van der Waals surface area contributed by atoms with E-state index in [1.165, 1.54) is 12.1 Å². The number of carbonyl (C=O) groups is 1. The maximum Gasteiger partial charge on any atom is 0.291 e. The maximum absolute atomic E-state index is 13.3. The number of nitrogens with two attached hydrogens (primary N) is 1. The number of hydrogen-bond acceptors (Lipinski definition) is 4. The summed E-state index contributed by atoms with van der Waals surface area (Å²) in [6, 6.07) is 13.3. The molecule has 142 valence electrons. The molecule has 7 nitrogen and oxygen atoms in total. The largest absolute Gasteiger partial charge is 0.301 e. The van der Waals surface area contributed by atoms with Crippen molar-refractivity contribution in [2.75, 3.05) is 11.9 Å². The van der Waals surface area contributed by atoms with Crippen molar-refractivity contribution in [3.05, 3.63) is 64.9 Å². The molecule has 3 rings (SSSR count). The predicted molar refractivity (Wildman–Crippen MR) is 106 cm³/mol. The summed E-state index contributed by atoms with van der Waals surface area (Å²) in [4.78, 5) is 17.1. The minimum atomic E-state index is -3.95. The number of rotatable bonds is 4. The number of allylic oxidation sites excluding steroid dienone is 1. The van der Waals surface area contributed by atoms with Crippen molar-refractivity contribution in [2.24, 2.45) is 5.14 Å². The molecule has 3 N–H and O–H groups in total. The number of hydrazine groups is 1. The number of anilines is 2. The first kappa shape index (κ1) is 19.1. The zero-order chi connectivity index (χ0) is 19.9. The number of fused-ring (bicyclic) bond motifs is 1. The summed E-state index contributed by atoms with van der Waals surface area (Å²) in [5.41, 5.74) is 5.35. The van der Waals surface area contributed by atoms with E-state index in [-0.39, 0.29) is 5.91 Å². The fourth-order valence-electron chi connectivity index (χ4n) is 3.11. The molecule has 2 aromatic rings. The van der Waals surface area contributed by atoms with E-state index in [4.69, 9.17) is 5.14 Å². The molecule has 0 unspecified atom stereocenters. The molecule has 0 saturated carbocycles. The Balaban J connectivity index is 2.15. The number of nitrogens with one attached hydrogen (secondary N) is 1. The molecule has 0 spiro atoms. The molecule has 0 radical (unpaired) electrons. The highest BCUT2D eigenvalue weighted by Crippen LogP contribution is 2.43. The van der Waals surface area contributed by atoms with Gasteiger partial charge < -0.3 is 5.01 Å². The lowest BCUT2D eigenvalue weighted by atomic mass is 10.1. The highest BCUT2D eigenvalue weighted by atomic mass is 32.2. The van der Waals surface area contributed by atoms with Gasteiger partial charge in [0.25, 0.3) is 16.1 Å². The van der Waals surface area contributed by atoms with Gasteiger partial charge in [-0.2, -0.15) is 8.42 Å². The Kier molecular flexibility index (Phi) is 4.81. The van der Waals surface area contributed by atoms with Crippen molar-refractivity contribution >= 4 is 33.1 Å². The van der Waals surface area contributed by atoms with Gasteiger partial charge in [0.2, 0.25) is 0 Å². The molecule has 8 heteroatoms. The van der Waals surface area contributed by atoms with Crippen LogP contribution in [0.3, 0.4) is 0 Å². The van der Waals surface area contributed by atoms with Gasteiger partial charge in [0, 0.05) is 24.0 Å². The quantitative estimate of drug-likeness (QED) is 0.623. The molecule has 0 aromatic heterocycles. The Bertz CT molecular complexity index is 1060. The number of hydrogen-bond donors (Lipinski definition) is 2. The Hall–Kier alpha value is -2.68. The molecular formula is C19H22N4O3S. The van der Waals surface area contributed by atoms with Crippen LogP contribution in [0.4, 0.5) is 11.4 Å². The molecule has 1 heterocycles. The summed E-state index contributed by atoms with van der Waals surface area (Å²) in [5.74, 6) is -0.222. The third-order valence-electron chi connectivity index (χ3n) is 4.71. The second kappa shape index (κ2) is 6.80. The number of para-hydroxylation sites is 1. The van der Waals surface area contributed by atoms with Crippen LogP contribution in [0, 0.1) is 13.8 Å². The first-order valence-electron chi connectivity index (χ1n) is 8.36. The SMILES string of the molecule is CC(=C1C(=O)N(c2ccc(C)c(C)c2)c2ccccc21)N(C)NS(N)(=O)=O. The fraction of sp³-hybridized carbons (Fsp3) is 0.211. The van der Waals surface area contributed by atoms with Gasteiger partial charge in [0.1, 0.15) is 0 Å². The van der Waals surface area contributed by atoms with Crippen LogP contribution in [0.2, 0.25) is 0 Å². The Labute approximate surface area is 159 Å². The zero-order valence-corrected chi connectivity index (χ0v) is 16.5. The average molecular weight is 386 g/mol. The smallest absolute Gasteiger partial charge is 0.291 e. The van der Waals surface area contributed by atoms with Gasteiger partial charge in [-0.3, -0.25) is 9.69 Å². The summed E-state index contributed by atoms with van der Waals surface area (Å²) < 4.78 is 22.7.